The normalized spacial score (nSPS) is 18.8. The van der Waals surface area contributed by atoms with Crippen LogP contribution in [-0.2, 0) is 22.9 Å². The molecule has 1 aliphatic rings. The highest BCUT2D eigenvalue weighted by atomic mass is 35.5. The highest BCUT2D eigenvalue weighted by Crippen LogP contribution is 2.21. The highest BCUT2D eigenvalue weighted by Gasteiger charge is 2.25. The summed E-state index contributed by atoms with van der Waals surface area (Å²) in [6, 6.07) is 6.06. The van der Waals surface area contributed by atoms with Gasteiger partial charge in [-0.05, 0) is 42.7 Å². The minimum atomic E-state index is -3.51. The van der Waals surface area contributed by atoms with E-state index in [-0.39, 0.29) is 10.9 Å². The molecule has 0 saturated carbocycles. The van der Waals surface area contributed by atoms with E-state index in [2.05, 4.69) is 14.9 Å². The molecule has 1 atom stereocenters. The van der Waals surface area contributed by atoms with Crippen molar-refractivity contribution in [2.45, 2.75) is 30.2 Å². The number of sulfonamides is 1. The van der Waals surface area contributed by atoms with Gasteiger partial charge in [0.15, 0.2) is 0 Å². The van der Waals surface area contributed by atoms with Gasteiger partial charge >= 0.3 is 0 Å². The van der Waals surface area contributed by atoms with Crippen LogP contribution in [0.1, 0.15) is 17.7 Å². The lowest BCUT2D eigenvalue weighted by molar-refractivity contribution is 0.504. The van der Waals surface area contributed by atoms with Crippen LogP contribution >= 0.6 is 11.6 Å². The van der Waals surface area contributed by atoms with Crippen LogP contribution in [0, 0.1) is 0 Å². The van der Waals surface area contributed by atoms with Crippen molar-refractivity contribution < 1.29 is 8.42 Å². The van der Waals surface area contributed by atoms with Crippen molar-refractivity contribution in [2.24, 2.45) is 0 Å². The number of nitrogens with zero attached hydrogens (tertiary/aromatic N) is 1. The summed E-state index contributed by atoms with van der Waals surface area (Å²) >= 11 is 5.77. The van der Waals surface area contributed by atoms with Crippen molar-refractivity contribution >= 4 is 21.6 Å². The fourth-order valence-corrected chi connectivity index (χ4v) is 3.81. The highest BCUT2D eigenvalue weighted by molar-refractivity contribution is 7.89. The summed E-state index contributed by atoms with van der Waals surface area (Å²) in [7, 11) is -3.51. The molecule has 1 aliphatic carbocycles. The Morgan fingerprint density at radius 1 is 1.30 bits per heavy atom. The Kier molecular flexibility index (Phi) is 3.54. The zero-order valence-corrected chi connectivity index (χ0v) is 12.2. The largest absolute Gasteiger partial charge is 0.282 e. The quantitative estimate of drug-likeness (QED) is 0.909. The van der Waals surface area contributed by atoms with Gasteiger partial charge in [-0.1, -0.05) is 11.6 Å². The lowest BCUT2D eigenvalue weighted by Gasteiger charge is -2.22. The van der Waals surface area contributed by atoms with Crippen molar-refractivity contribution in [1.82, 2.24) is 14.9 Å². The molecule has 0 bridgehead atoms. The fraction of sp³-hybridized carbons (Fsp3) is 0.308. The molecule has 0 radical (unpaired) electrons. The average molecular weight is 312 g/mol. The fourth-order valence-electron chi connectivity index (χ4n) is 2.41. The first-order chi connectivity index (χ1) is 9.54. The van der Waals surface area contributed by atoms with Crippen molar-refractivity contribution in [3.8, 4) is 0 Å². The molecule has 0 amide bonds. The van der Waals surface area contributed by atoms with Gasteiger partial charge in [0.05, 0.1) is 11.1 Å². The predicted octanol–water partition coefficient (Wildman–Crippen LogP) is 1.90. The second-order valence-electron chi connectivity index (χ2n) is 4.89. The summed E-state index contributed by atoms with van der Waals surface area (Å²) in [5.74, 6) is 0. The van der Waals surface area contributed by atoms with Crippen LogP contribution in [0.2, 0.25) is 5.02 Å². The number of nitrogens with one attached hydrogen (secondary N) is 2. The molecule has 3 rings (SSSR count). The number of fused-ring (bicyclic) bond motifs is 1. The number of aromatic amines is 1. The molecule has 1 heterocycles. The van der Waals surface area contributed by atoms with Gasteiger partial charge in [0.2, 0.25) is 10.0 Å². The van der Waals surface area contributed by atoms with E-state index in [0.717, 1.165) is 18.5 Å². The van der Waals surface area contributed by atoms with E-state index < -0.39 is 10.0 Å². The van der Waals surface area contributed by atoms with Gasteiger partial charge in [-0.2, -0.15) is 5.10 Å². The SMILES string of the molecule is O=S(=O)(NC1CCc2cn[nH]c2C1)c1ccc(Cl)cc1. The summed E-state index contributed by atoms with van der Waals surface area (Å²) in [5.41, 5.74) is 2.19. The second kappa shape index (κ2) is 5.20. The molecule has 0 fully saturated rings. The summed E-state index contributed by atoms with van der Waals surface area (Å²) in [6.07, 6.45) is 4.06. The Balaban J connectivity index is 1.76. The Bertz CT molecular complexity index is 709. The first kappa shape index (κ1) is 13.6. The summed E-state index contributed by atoms with van der Waals surface area (Å²) < 4.78 is 27.3. The molecular weight excluding hydrogens is 298 g/mol. The molecule has 0 spiro atoms. The lowest BCUT2D eigenvalue weighted by atomic mass is 9.95. The topological polar surface area (TPSA) is 74.8 Å². The molecule has 1 aromatic heterocycles. The number of hydrogen-bond donors (Lipinski definition) is 2. The number of rotatable bonds is 3. The van der Waals surface area contributed by atoms with Crippen LogP contribution in [0.4, 0.5) is 0 Å². The van der Waals surface area contributed by atoms with Crippen LogP contribution in [-0.4, -0.2) is 24.7 Å². The van der Waals surface area contributed by atoms with E-state index in [0.29, 0.717) is 11.4 Å². The Labute approximate surface area is 122 Å². The van der Waals surface area contributed by atoms with E-state index in [1.165, 1.54) is 17.7 Å². The number of aromatic nitrogens is 2. The minimum absolute atomic E-state index is 0.108. The zero-order chi connectivity index (χ0) is 14.2. The first-order valence-corrected chi connectivity index (χ1v) is 8.20. The van der Waals surface area contributed by atoms with E-state index in [1.807, 2.05) is 0 Å². The van der Waals surface area contributed by atoms with E-state index in [9.17, 15) is 8.42 Å². The van der Waals surface area contributed by atoms with Gasteiger partial charge in [-0.3, -0.25) is 5.10 Å². The van der Waals surface area contributed by atoms with E-state index >= 15 is 0 Å². The molecule has 20 heavy (non-hydrogen) atoms. The molecule has 0 aliphatic heterocycles. The number of hydrogen-bond acceptors (Lipinski definition) is 3. The van der Waals surface area contributed by atoms with Crippen LogP contribution in [0.3, 0.4) is 0 Å². The molecule has 2 aromatic rings. The molecule has 7 heteroatoms. The van der Waals surface area contributed by atoms with E-state index in [1.54, 1.807) is 18.3 Å². The standard InChI is InChI=1S/C13H14ClN3O2S/c14-10-2-5-12(6-3-10)20(18,19)17-11-4-1-9-8-15-16-13(9)7-11/h2-3,5-6,8,11,17H,1,4,7H2,(H,15,16). The molecule has 2 N–H and O–H groups in total. The Morgan fingerprint density at radius 3 is 2.80 bits per heavy atom. The predicted molar refractivity (Wildman–Crippen MR) is 76.2 cm³/mol. The van der Waals surface area contributed by atoms with Crippen LogP contribution in [0.25, 0.3) is 0 Å². The van der Waals surface area contributed by atoms with Gasteiger partial charge in [0.25, 0.3) is 0 Å². The first-order valence-electron chi connectivity index (χ1n) is 6.33. The van der Waals surface area contributed by atoms with Crippen LogP contribution in [0.5, 0.6) is 0 Å². The lowest BCUT2D eigenvalue weighted by Crippen LogP contribution is -2.38. The number of aryl methyl sites for hydroxylation is 1. The van der Waals surface area contributed by atoms with E-state index in [4.69, 9.17) is 11.6 Å². The number of H-pyrrole nitrogens is 1. The van der Waals surface area contributed by atoms with Gasteiger partial charge in [-0.25, -0.2) is 13.1 Å². The minimum Gasteiger partial charge on any atom is -0.282 e. The maximum atomic E-state index is 12.3. The molecule has 0 saturated heterocycles. The third-order valence-corrected chi connectivity index (χ3v) is 5.25. The molecular formula is C13H14ClN3O2S. The summed E-state index contributed by atoms with van der Waals surface area (Å²) in [5, 5.41) is 7.42. The van der Waals surface area contributed by atoms with Gasteiger partial charge < -0.3 is 0 Å². The van der Waals surface area contributed by atoms with Gasteiger partial charge in [-0.15, -0.1) is 0 Å². The van der Waals surface area contributed by atoms with Crippen molar-refractivity contribution in [3.63, 3.8) is 0 Å². The zero-order valence-electron chi connectivity index (χ0n) is 10.6. The second-order valence-corrected chi connectivity index (χ2v) is 7.04. The van der Waals surface area contributed by atoms with Crippen molar-refractivity contribution in [2.75, 3.05) is 0 Å². The van der Waals surface area contributed by atoms with Gasteiger partial charge in [0.1, 0.15) is 0 Å². The smallest absolute Gasteiger partial charge is 0.240 e. The maximum Gasteiger partial charge on any atom is 0.240 e. The number of halogens is 1. The molecule has 1 unspecified atom stereocenters. The Hall–Kier alpha value is -1.37. The monoisotopic (exact) mass is 311 g/mol. The van der Waals surface area contributed by atoms with Crippen LogP contribution < -0.4 is 4.72 Å². The third kappa shape index (κ3) is 2.72. The third-order valence-electron chi connectivity index (χ3n) is 3.47. The Morgan fingerprint density at radius 2 is 2.05 bits per heavy atom. The number of benzene rings is 1. The van der Waals surface area contributed by atoms with Crippen LogP contribution in [0.15, 0.2) is 35.4 Å². The summed E-state index contributed by atoms with van der Waals surface area (Å²) in [4.78, 5) is 0.234. The molecule has 1 aromatic carbocycles. The van der Waals surface area contributed by atoms with Crippen molar-refractivity contribution in [1.29, 1.82) is 0 Å². The maximum absolute atomic E-state index is 12.3. The summed E-state index contributed by atoms with van der Waals surface area (Å²) in [6.45, 7) is 0. The average Bonchev–Trinajstić information content (AvgIpc) is 2.86. The molecule has 106 valence electrons. The van der Waals surface area contributed by atoms with Gasteiger partial charge in [0, 0.05) is 23.2 Å². The molecule has 5 nitrogen and oxygen atoms in total. The van der Waals surface area contributed by atoms with Crippen molar-refractivity contribution in [3.05, 3.63) is 46.7 Å².